The lowest BCUT2D eigenvalue weighted by Crippen LogP contribution is -2.46. The fourth-order valence-electron chi connectivity index (χ4n) is 1.70. The number of benzene rings is 1. The van der Waals surface area contributed by atoms with E-state index in [9.17, 15) is 4.79 Å². The SMILES string of the molecule is C=C(C)Cc1cccc(CC(C)(N)C(=O)O)c1. The molecule has 0 aliphatic rings. The quantitative estimate of drug-likeness (QED) is 0.766. The van der Waals surface area contributed by atoms with Gasteiger partial charge in [-0.15, -0.1) is 0 Å². The van der Waals surface area contributed by atoms with Crippen molar-refractivity contribution in [2.24, 2.45) is 5.73 Å². The summed E-state index contributed by atoms with van der Waals surface area (Å²) in [6.07, 6.45) is 1.13. The molecule has 1 aromatic rings. The van der Waals surface area contributed by atoms with Crippen molar-refractivity contribution < 1.29 is 9.90 Å². The molecule has 0 saturated carbocycles. The zero-order chi connectivity index (χ0) is 13.1. The van der Waals surface area contributed by atoms with E-state index >= 15 is 0 Å². The van der Waals surface area contributed by atoms with Crippen LogP contribution in [0, 0.1) is 0 Å². The minimum Gasteiger partial charge on any atom is -0.480 e. The predicted molar refractivity (Wildman–Crippen MR) is 68.9 cm³/mol. The molecule has 0 fully saturated rings. The van der Waals surface area contributed by atoms with Gasteiger partial charge in [-0.2, -0.15) is 0 Å². The zero-order valence-corrected chi connectivity index (χ0v) is 10.4. The van der Waals surface area contributed by atoms with E-state index in [2.05, 4.69) is 6.58 Å². The van der Waals surface area contributed by atoms with E-state index in [1.54, 1.807) is 0 Å². The normalized spacial score (nSPS) is 14.1. The van der Waals surface area contributed by atoms with E-state index in [-0.39, 0.29) is 0 Å². The average molecular weight is 233 g/mol. The Kier molecular flexibility index (Phi) is 4.07. The average Bonchev–Trinajstić information content (AvgIpc) is 2.15. The van der Waals surface area contributed by atoms with Crippen LogP contribution in [0.1, 0.15) is 25.0 Å². The van der Waals surface area contributed by atoms with Crippen LogP contribution in [-0.2, 0) is 17.6 Å². The van der Waals surface area contributed by atoms with Gasteiger partial charge < -0.3 is 10.8 Å². The molecule has 0 aliphatic heterocycles. The van der Waals surface area contributed by atoms with Crippen LogP contribution in [0.15, 0.2) is 36.4 Å². The first-order chi connectivity index (χ1) is 7.81. The summed E-state index contributed by atoms with van der Waals surface area (Å²) < 4.78 is 0. The van der Waals surface area contributed by atoms with Crippen molar-refractivity contribution in [2.45, 2.75) is 32.2 Å². The van der Waals surface area contributed by atoms with Gasteiger partial charge in [0, 0.05) is 6.42 Å². The van der Waals surface area contributed by atoms with Gasteiger partial charge in [-0.25, -0.2) is 0 Å². The number of hydrogen-bond donors (Lipinski definition) is 2. The molecule has 0 aliphatic carbocycles. The summed E-state index contributed by atoms with van der Waals surface area (Å²) in [4.78, 5) is 10.9. The molecular weight excluding hydrogens is 214 g/mol. The second kappa shape index (κ2) is 5.15. The number of rotatable bonds is 5. The summed E-state index contributed by atoms with van der Waals surface area (Å²) in [5.74, 6) is -0.984. The van der Waals surface area contributed by atoms with Crippen molar-refractivity contribution >= 4 is 5.97 Å². The molecule has 1 aromatic carbocycles. The van der Waals surface area contributed by atoms with Gasteiger partial charge in [0.25, 0.3) is 0 Å². The van der Waals surface area contributed by atoms with Crippen molar-refractivity contribution in [3.05, 3.63) is 47.5 Å². The van der Waals surface area contributed by atoms with Crippen molar-refractivity contribution in [3.63, 3.8) is 0 Å². The summed E-state index contributed by atoms with van der Waals surface area (Å²) in [5, 5.41) is 8.98. The van der Waals surface area contributed by atoms with Gasteiger partial charge in [0.05, 0.1) is 0 Å². The van der Waals surface area contributed by atoms with Crippen molar-refractivity contribution in [1.29, 1.82) is 0 Å². The number of carboxylic acids is 1. The lowest BCUT2D eigenvalue weighted by atomic mass is 9.92. The molecule has 3 N–H and O–H groups in total. The van der Waals surface area contributed by atoms with Crippen LogP contribution in [0.5, 0.6) is 0 Å². The van der Waals surface area contributed by atoms with Crippen LogP contribution in [0.3, 0.4) is 0 Å². The molecule has 17 heavy (non-hydrogen) atoms. The number of carboxylic acid groups (broad SMARTS) is 1. The second-order valence-electron chi connectivity index (χ2n) is 4.85. The van der Waals surface area contributed by atoms with Gasteiger partial charge >= 0.3 is 5.97 Å². The van der Waals surface area contributed by atoms with E-state index in [1.807, 2.05) is 31.2 Å². The third kappa shape index (κ3) is 4.04. The molecule has 0 aromatic heterocycles. The zero-order valence-electron chi connectivity index (χ0n) is 10.4. The van der Waals surface area contributed by atoms with Crippen LogP contribution < -0.4 is 5.73 Å². The summed E-state index contributed by atoms with van der Waals surface area (Å²) in [6, 6.07) is 7.82. The highest BCUT2D eigenvalue weighted by Crippen LogP contribution is 2.14. The Labute approximate surface area is 102 Å². The monoisotopic (exact) mass is 233 g/mol. The van der Waals surface area contributed by atoms with E-state index < -0.39 is 11.5 Å². The Balaban J connectivity index is 2.85. The summed E-state index contributed by atoms with van der Waals surface area (Å²) in [7, 11) is 0. The fourth-order valence-corrected chi connectivity index (χ4v) is 1.70. The summed E-state index contributed by atoms with van der Waals surface area (Å²) >= 11 is 0. The molecule has 1 atom stereocenters. The minimum absolute atomic E-state index is 0.326. The Morgan fingerprint density at radius 3 is 2.59 bits per heavy atom. The number of nitrogens with two attached hydrogens (primary N) is 1. The van der Waals surface area contributed by atoms with E-state index in [0.717, 1.165) is 23.1 Å². The molecule has 0 amide bonds. The highest BCUT2D eigenvalue weighted by Gasteiger charge is 2.27. The van der Waals surface area contributed by atoms with Gasteiger partial charge in [-0.05, 0) is 31.4 Å². The van der Waals surface area contributed by atoms with E-state index in [1.165, 1.54) is 6.92 Å². The highest BCUT2D eigenvalue weighted by molar-refractivity contribution is 5.78. The van der Waals surface area contributed by atoms with Crippen LogP contribution in [0.2, 0.25) is 0 Å². The molecular formula is C14H19NO2. The predicted octanol–water partition coefficient (Wildman–Crippen LogP) is 2.15. The van der Waals surface area contributed by atoms with Crippen LogP contribution in [-0.4, -0.2) is 16.6 Å². The molecule has 0 radical (unpaired) electrons. The number of hydrogen-bond acceptors (Lipinski definition) is 2. The molecule has 0 heterocycles. The van der Waals surface area contributed by atoms with Crippen LogP contribution in [0.4, 0.5) is 0 Å². The van der Waals surface area contributed by atoms with E-state index in [0.29, 0.717) is 6.42 Å². The topological polar surface area (TPSA) is 63.3 Å². The molecule has 92 valence electrons. The van der Waals surface area contributed by atoms with Gasteiger partial charge in [0.2, 0.25) is 0 Å². The fraction of sp³-hybridized carbons (Fsp3) is 0.357. The maximum Gasteiger partial charge on any atom is 0.323 e. The van der Waals surface area contributed by atoms with Crippen molar-refractivity contribution in [2.75, 3.05) is 0 Å². The minimum atomic E-state index is -1.22. The van der Waals surface area contributed by atoms with Gasteiger partial charge in [0.1, 0.15) is 5.54 Å². The van der Waals surface area contributed by atoms with E-state index in [4.69, 9.17) is 10.8 Å². The largest absolute Gasteiger partial charge is 0.480 e. The van der Waals surface area contributed by atoms with Crippen molar-refractivity contribution in [1.82, 2.24) is 0 Å². The molecule has 0 bridgehead atoms. The molecule has 1 unspecified atom stereocenters. The Morgan fingerprint density at radius 1 is 1.47 bits per heavy atom. The summed E-state index contributed by atoms with van der Waals surface area (Å²) in [5.41, 5.74) is 7.66. The molecule has 0 spiro atoms. The van der Waals surface area contributed by atoms with Crippen LogP contribution in [0.25, 0.3) is 0 Å². The lowest BCUT2D eigenvalue weighted by molar-refractivity contribution is -0.142. The third-order valence-corrected chi connectivity index (χ3v) is 2.56. The number of carbonyl (C=O) groups is 1. The second-order valence-corrected chi connectivity index (χ2v) is 4.85. The first-order valence-electron chi connectivity index (χ1n) is 5.56. The molecule has 0 saturated heterocycles. The van der Waals surface area contributed by atoms with Gasteiger partial charge in [0.15, 0.2) is 0 Å². The smallest absolute Gasteiger partial charge is 0.323 e. The molecule has 3 heteroatoms. The van der Waals surface area contributed by atoms with Crippen molar-refractivity contribution in [3.8, 4) is 0 Å². The lowest BCUT2D eigenvalue weighted by Gasteiger charge is -2.19. The Bertz CT molecular complexity index is 436. The van der Waals surface area contributed by atoms with Gasteiger partial charge in [-0.3, -0.25) is 4.79 Å². The Hall–Kier alpha value is -1.61. The van der Waals surface area contributed by atoms with Gasteiger partial charge in [-0.1, -0.05) is 36.4 Å². The molecule has 3 nitrogen and oxygen atoms in total. The van der Waals surface area contributed by atoms with Crippen LogP contribution >= 0.6 is 0 Å². The standard InChI is InChI=1S/C14H19NO2/c1-10(2)7-11-5-4-6-12(8-11)9-14(3,15)13(16)17/h4-6,8H,1,7,9,15H2,2-3H3,(H,16,17). The summed E-state index contributed by atoms with van der Waals surface area (Å²) in [6.45, 7) is 7.36. The highest BCUT2D eigenvalue weighted by atomic mass is 16.4. The maximum atomic E-state index is 10.9. The molecule has 1 rings (SSSR count). The maximum absolute atomic E-state index is 10.9. The third-order valence-electron chi connectivity index (χ3n) is 2.56. The number of allylic oxidation sites excluding steroid dienone is 1. The Morgan fingerprint density at radius 2 is 2.06 bits per heavy atom. The first-order valence-corrected chi connectivity index (χ1v) is 5.56. The first kappa shape index (κ1) is 13.5. The number of aliphatic carboxylic acids is 1.